The number of nitrogens with two attached hydrogens (primary N) is 1. The van der Waals surface area contributed by atoms with Gasteiger partial charge in [0.05, 0.1) is 29.0 Å². The molecule has 0 atom stereocenters. The van der Waals surface area contributed by atoms with Crippen LogP contribution in [0, 0.1) is 0 Å². The first-order valence-electron chi connectivity index (χ1n) is 7.39. The van der Waals surface area contributed by atoms with E-state index in [1.807, 2.05) is 16.8 Å². The van der Waals surface area contributed by atoms with Gasteiger partial charge in [0.2, 0.25) is 10.0 Å². The number of ether oxygens (including phenoxy) is 1. The van der Waals surface area contributed by atoms with Gasteiger partial charge >= 0.3 is 0 Å². The Morgan fingerprint density at radius 3 is 2.69 bits per heavy atom. The second-order valence-corrected chi connectivity index (χ2v) is 7.73. The molecule has 1 aromatic carbocycles. The Kier molecular flexibility index (Phi) is 5.30. The number of benzene rings is 1. The van der Waals surface area contributed by atoms with Gasteiger partial charge in [-0.15, -0.1) is 5.10 Å². The molecular formula is C15H15N5O4S2. The molecule has 0 bridgehead atoms. The van der Waals surface area contributed by atoms with Crippen LogP contribution in [0.4, 0.5) is 0 Å². The van der Waals surface area contributed by atoms with Crippen molar-refractivity contribution in [2.45, 2.75) is 11.4 Å². The van der Waals surface area contributed by atoms with E-state index in [0.29, 0.717) is 11.4 Å². The molecule has 3 rings (SSSR count). The second kappa shape index (κ2) is 7.64. The molecule has 2 aromatic heterocycles. The summed E-state index contributed by atoms with van der Waals surface area (Å²) in [4.78, 5) is 10.7. The maximum Gasteiger partial charge on any atom is 0.255 e. The number of hydrogen-bond acceptors (Lipinski definition) is 7. The van der Waals surface area contributed by atoms with Gasteiger partial charge in [0, 0.05) is 5.38 Å². The number of aromatic nitrogens is 3. The molecule has 11 heteroatoms. The van der Waals surface area contributed by atoms with E-state index in [1.54, 1.807) is 10.9 Å². The Balaban J connectivity index is 1.63. The SMILES string of the molecule is NC(=O)COc1ccc(S(=O)(=O)NCc2cn(-c3ccsc3)nn2)cc1. The summed E-state index contributed by atoms with van der Waals surface area (Å²) in [6.07, 6.45) is 1.66. The maximum absolute atomic E-state index is 12.3. The highest BCUT2D eigenvalue weighted by Gasteiger charge is 2.15. The predicted octanol–water partition coefficient (Wildman–Crippen LogP) is 0.671. The smallest absolute Gasteiger partial charge is 0.255 e. The van der Waals surface area contributed by atoms with Crippen LogP contribution in [-0.2, 0) is 21.4 Å². The van der Waals surface area contributed by atoms with E-state index < -0.39 is 15.9 Å². The maximum atomic E-state index is 12.3. The summed E-state index contributed by atoms with van der Waals surface area (Å²) in [5.74, 6) is -0.264. The third-order valence-corrected chi connectivity index (χ3v) is 5.36. The van der Waals surface area contributed by atoms with Crippen molar-refractivity contribution in [2.24, 2.45) is 5.73 Å². The van der Waals surface area contributed by atoms with Gasteiger partial charge in [0.25, 0.3) is 5.91 Å². The van der Waals surface area contributed by atoms with Gasteiger partial charge in [-0.1, -0.05) is 5.21 Å². The highest BCUT2D eigenvalue weighted by atomic mass is 32.2. The quantitative estimate of drug-likeness (QED) is 0.579. The number of rotatable bonds is 8. The van der Waals surface area contributed by atoms with Gasteiger partial charge in [-0.2, -0.15) is 11.3 Å². The fraction of sp³-hybridized carbons (Fsp3) is 0.133. The molecule has 0 saturated carbocycles. The number of carbonyl (C=O) groups excluding carboxylic acids is 1. The zero-order chi connectivity index (χ0) is 18.6. The van der Waals surface area contributed by atoms with E-state index in [2.05, 4.69) is 15.0 Å². The molecule has 0 radical (unpaired) electrons. The minimum absolute atomic E-state index is 0.00635. The van der Waals surface area contributed by atoms with Crippen LogP contribution >= 0.6 is 11.3 Å². The standard InChI is InChI=1S/C15H15N5O4S2/c16-15(21)9-24-13-1-3-14(4-2-13)26(22,23)17-7-11-8-20(19-18-11)12-5-6-25-10-12/h1-6,8,10,17H,7,9H2,(H2,16,21). The van der Waals surface area contributed by atoms with Crippen LogP contribution in [0.1, 0.15) is 5.69 Å². The van der Waals surface area contributed by atoms with Gasteiger partial charge < -0.3 is 10.5 Å². The summed E-state index contributed by atoms with van der Waals surface area (Å²) in [5.41, 5.74) is 6.34. The molecule has 2 heterocycles. The highest BCUT2D eigenvalue weighted by molar-refractivity contribution is 7.89. The Labute approximate surface area is 153 Å². The molecule has 0 unspecified atom stereocenters. The molecule has 0 spiro atoms. The van der Waals surface area contributed by atoms with Crippen molar-refractivity contribution in [3.63, 3.8) is 0 Å². The molecule has 1 amide bonds. The third-order valence-electron chi connectivity index (χ3n) is 3.27. The predicted molar refractivity (Wildman–Crippen MR) is 94.4 cm³/mol. The van der Waals surface area contributed by atoms with Crippen LogP contribution in [0.2, 0.25) is 0 Å². The fourth-order valence-corrected chi connectivity index (χ4v) is 3.64. The van der Waals surface area contributed by atoms with Crippen molar-refractivity contribution >= 4 is 27.3 Å². The van der Waals surface area contributed by atoms with Gasteiger partial charge in [-0.05, 0) is 35.7 Å². The monoisotopic (exact) mass is 393 g/mol. The average Bonchev–Trinajstić information content (AvgIpc) is 3.30. The van der Waals surface area contributed by atoms with E-state index in [9.17, 15) is 13.2 Å². The first-order valence-corrected chi connectivity index (χ1v) is 9.81. The molecule has 0 aliphatic carbocycles. The highest BCUT2D eigenvalue weighted by Crippen LogP contribution is 2.16. The first kappa shape index (κ1) is 18.0. The van der Waals surface area contributed by atoms with Crippen molar-refractivity contribution in [1.29, 1.82) is 0 Å². The molecule has 0 aliphatic heterocycles. The summed E-state index contributed by atoms with van der Waals surface area (Å²) >= 11 is 1.53. The van der Waals surface area contributed by atoms with Crippen LogP contribution in [0.25, 0.3) is 5.69 Å². The molecule has 3 N–H and O–H groups in total. The van der Waals surface area contributed by atoms with E-state index in [1.165, 1.54) is 35.6 Å². The number of hydrogen-bond donors (Lipinski definition) is 2. The number of primary amides is 1. The van der Waals surface area contributed by atoms with E-state index in [-0.39, 0.29) is 18.0 Å². The molecular weight excluding hydrogens is 378 g/mol. The normalized spacial score (nSPS) is 11.4. The van der Waals surface area contributed by atoms with Gasteiger partial charge in [0.15, 0.2) is 6.61 Å². The summed E-state index contributed by atoms with van der Waals surface area (Å²) in [6.45, 7) is -0.267. The zero-order valence-corrected chi connectivity index (χ0v) is 15.0. The lowest BCUT2D eigenvalue weighted by molar-refractivity contribution is -0.119. The Hall–Kier alpha value is -2.76. The summed E-state index contributed by atoms with van der Waals surface area (Å²) in [6, 6.07) is 7.53. The number of sulfonamides is 1. The van der Waals surface area contributed by atoms with Crippen LogP contribution in [0.3, 0.4) is 0 Å². The summed E-state index contributed by atoms with van der Waals surface area (Å²) in [7, 11) is -3.72. The Morgan fingerprint density at radius 2 is 2.04 bits per heavy atom. The van der Waals surface area contributed by atoms with Crippen LogP contribution < -0.4 is 15.2 Å². The Bertz CT molecular complexity index is 981. The van der Waals surface area contributed by atoms with Gasteiger partial charge in [-0.25, -0.2) is 17.8 Å². The van der Waals surface area contributed by atoms with Crippen molar-refractivity contribution in [1.82, 2.24) is 19.7 Å². The number of nitrogens with zero attached hydrogens (tertiary/aromatic N) is 3. The molecule has 0 aliphatic rings. The van der Waals surface area contributed by atoms with Crippen molar-refractivity contribution < 1.29 is 17.9 Å². The Morgan fingerprint density at radius 1 is 1.27 bits per heavy atom. The van der Waals surface area contributed by atoms with Gasteiger partial charge in [-0.3, -0.25) is 4.79 Å². The van der Waals surface area contributed by atoms with Gasteiger partial charge in [0.1, 0.15) is 5.75 Å². The fourth-order valence-electron chi connectivity index (χ4n) is 2.02. The second-order valence-electron chi connectivity index (χ2n) is 5.19. The van der Waals surface area contributed by atoms with Crippen LogP contribution in [-0.4, -0.2) is 35.9 Å². The lowest BCUT2D eigenvalue weighted by Gasteiger charge is -2.07. The number of amides is 1. The van der Waals surface area contributed by atoms with E-state index in [4.69, 9.17) is 10.5 Å². The zero-order valence-electron chi connectivity index (χ0n) is 13.4. The molecule has 0 fully saturated rings. The topological polar surface area (TPSA) is 129 Å². The molecule has 136 valence electrons. The third kappa shape index (κ3) is 4.45. The van der Waals surface area contributed by atoms with Crippen molar-refractivity contribution in [3.8, 4) is 11.4 Å². The van der Waals surface area contributed by atoms with Crippen LogP contribution in [0.5, 0.6) is 5.75 Å². The van der Waals surface area contributed by atoms with Crippen molar-refractivity contribution in [2.75, 3.05) is 6.61 Å². The largest absolute Gasteiger partial charge is 0.484 e. The number of carbonyl (C=O) groups is 1. The molecule has 0 saturated heterocycles. The number of nitrogens with one attached hydrogen (secondary N) is 1. The van der Waals surface area contributed by atoms with Crippen LogP contribution in [0.15, 0.2) is 52.2 Å². The van der Waals surface area contributed by atoms with E-state index in [0.717, 1.165) is 5.69 Å². The number of thiophene rings is 1. The minimum atomic E-state index is -3.72. The first-order chi connectivity index (χ1) is 12.4. The van der Waals surface area contributed by atoms with Crippen molar-refractivity contribution in [3.05, 3.63) is 53.0 Å². The lowest BCUT2D eigenvalue weighted by Crippen LogP contribution is -2.23. The molecule has 26 heavy (non-hydrogen) atoms. The molecule has 3 aromatic rings. The average molecular weight is 393 g/mol. The summed E-state index contributed by atoms with van der Waals surface area (Å²) < 4.78 is 33.8. The minimum Gasteiger partial charge on any atom is -0.484 e. The summed E-state index contributed by atoms with van der Waals surface area (Å²) in [5, 5.41) is 11.7. The lowest BCUT2D eigenvalue weighted by atomic mass is 10.3. The molecule has 9 nitrogen and oxygen atoms in total. The van der Waals surface area contributed by atoms with E-state index >= 15 is 0 Å².